The Bertz CT molecular complexity index is 1390. The maximum absolute atomic E-state index is 9.56. The number of hydrogen-bond acceptors (Lipinski definition) is 2. The third-order valence-corrected chi connectivity index (χ3v) is 7.62. The van der Waals surface area contributed by atoms with E-state index >= 15 is 0 Å². The van der Waals surface area contributed by atoms with Crippen LogP contribution in [0.2, 0.25) is 5.82 Å². The zero-order chi connectivity index (χ0) is 21.3. The molecule has 4 heteroatoms. The van der Waals surface area contributed by atoms with Gasteiger partial charge in [0, 0.05) is 28.0 Å². The van der Waals surface area contributed by atoms with Crippen LogP contribution in [0.25, 0.3) is 28.8 Å². The molecule has 2 N–H and O–H groups in total. The topological polar surface area (TPSA) is 45.4 Å². The maximum Gasteiger partial charge on any atom is 0.459 e. The highest BCUT2D eigenvalue weighted by Gasteiger charge is 2.45. The number of allylic oxidation sites excluding steroid dienone is 4. The van der Waals surface area contributed by atoms with Crippen molar-refractivity contribution in [2.45, 2.75) is 37.4 Å². The van der Waals surface area contributed by atoms with Gasteiger partial charge in [0.2, 0.25) is 0 Å². The molecule has 1 heterocycles. The molecule has 3 nitrogen and oxygen atoms in total. The van der Waals surface area contributed by atoms with Gasteiger partial charge < -0.3 is 14.6 Å². The third-order valence-electron chi connectivity index (χ3n) is 7.62. The third kappa shape index (κ3) is 2.62. The van der Waals surface area contributed by atoms with Crippen molar-refractivity contribution in [3.05, 3.63) is 88.5 Å². The summed E-state index contributed by atoms with van der Waals surface area (Å²) >= 11 is 0. The molecule has 0 radical (unpaired) electrons. The Balaban J connectivity index is 1.61. The molecule has 0 saturated carbocycles. The Kier molecular flexibility index (Phi) is 4.02. The highest BCUT2D eigenvalue weighted by molar-refractivity contribution is 6.44. The SMILES string of the molecule is CC1(C)c2ccccc2C2C=c3c(n(C4=CCC(B(O)O)C=C4)c4ccccc34)=CC21. The van der Waals surface area contributed by atoms with Gasteiger partial charge in [0.15, 0.2) is 0 Å². The first kappa shape index (κ1) is 18.9. The van der Waals surface area contributed by atoms with Crippen LogP contribution in [0.3, 0.4) is 0 Å². The fraction of sp³-hybridized carbons (Fsp3) is 0.259. The Morgan fingerprint density at radius 2 is 1.77 bits per heavy atom. The van der Waals surface area contributed by atoms with Gasteiger partial charge in [-0.1, -0.05) is 80.6 Å². The predicted molar refractivity (Wildman–Crippen MR) is 128 cm³/mol. The highest BCUT2D eigenvalue weighted by Crippen LogP contribution is 2.52. The molecular weight excluding hydrogens is 381 g/mol. The van der Waals surface area contributed by atoms with Crippen LogP contribution in [0.1, 0.15) is 37.3 Å². The van der Waals surface area contributed by atoms with Gasteiger partial charge in [-0.2, -0.15) is 0 Å². The Morgan fingerprint density at radius 3 is 2.55 bits per heavy atom. The van der Waals surface area contributed by atoms with Crippen molar-refractivity contribution in [2.75, 3.05) is 0 Å². The van der Waals surface area contributed by atoms with Crippen LogP contribution in [0.4, 0.5) is 0 Å². The standard InChI is InChI=1S/C27H26BNO2/c1-27(2)23-9-5-3-7-19(23)21-15-22-20-8-4-6-10-25(20)29(26(22)16-24(21)27)18-13-11-17(12-14-18)28(30)31/h3-11,13-17,21,24,30-31H,12H2,1-2H3. The Hall–Kier alpha value is -2.82. The molecule has 3 unspecified atom stereocenters. The zero-order valence-electron chi connectivity index (χ0n) is 17.9. The van der Waals surface area contributed by atoms with Gasteiger partial charge >= 0.3 is 7.12 Å². The van der Waals surface area contributed by atoms with Crippen molar-refractivity contribution in [2.24, 2.45) is 5.92 Å². The van der Waals surface area contributed by atoms with E-state index in [1.54, 1.807) is 0 Å². The molecule has 0 saturated heterocycles. The largest absolute Gasteiger partial charge is 0.459 e. The number of fused-ring (bicyclic) bond motifs is 6. The minimum Gasteiger partial charge on any atom is -0.427 e. The van der Waals surface area contributed by atoms with Crippen LogP contribution < -0.4 is 10.6 Å². The molecule has 0 spiro atoms. The van der Waals surface area contributed by atoms with Crippen molar-refractivity contribution in [1.82, 2.24) is 4.57 Å². The van der Waals surface area contributed by atoms with Crippen LogP contribution in [0, 0.1) is 5.92 Å². The lowest BCUT2D eigenvalue weighted by molar-refractivity contribution is 0.394. The lowest BCUT2D eigenvalue weighted by Gasteiger charge is -2.29. The molecule has 3 aliphatic rings. The van der Waals surface area contributed by atoms with Gasteiger partial charge in [0.25, 0.3) is 0 Å². The molecule has 6 rings (SSSR count). The second kappa shape index (κ2) is 6.59. The minimum absolute atomic E-state index is 0.0691. The Morgan fingerprint density at radius 1 is 1.00 bits per heavy atom. The van der Waals surface area contributed by atoms with Crippen molar-refractivity contribution >= 4 is 35.9 Å². The number of benzene rings is 2. The number of rotatable bonds is 2. The summed E-state index contributed by atoms with van der Waals surface area (Å²) in [7, 11) is -1.32. The first-order valence-electron chi connectivity index (χ1n) is 11.1. The van der Waals surface area contributed by atoms with Crippen molar-refractivity contribution in [3.8, 4) is 0 Å². The monoisotopic (exact) mass is 407 g/mol. The van der Waals surface area contributed by atoms with Crippen molar-refractivity contribution in [1.29, 1.82) is 0 Å². The number of aromatic nitrogens is 1. The maximum atomic E-state index is 9.56. The summed E-state index contributed by atoms with van der Waals surface area (Å²) in [6.07, 6.45) is 11.7. The molecule has 0 fully saturated rings. The number of hydrogen-bond donors (Lipinski definition) is 2. The average molecular weight is 407 g/mol. The molecule has 2 aromatic carbocycles. The van der Waals surface area contributed by atoms with Crippen LogP contribution in [0.5, 0.6) is 0 Å². The van der Waals surface area contributed by atoms with Gasteiger partial charge in [-0.3, -0.25) is 0 Å². The fourth-order valence-corrected chi connectivity index (χ4v) is 5.97. The van der Waals surface area contributed by atoms with E-state index in [0.717, 1.165) is 5.70 Å². The molecule has 31 heavy (non-hydrogen) atoms. The van der Waals surface area contributed by atoms with Gasteiger partial charge in [-0.25, -0.2) is 0 Å². The highest BCUT2D eigenvalue weighted by atomic mass is 16.4. The quantitative estimate of drug-likeness (QED) is 0.639. The molecular formula is C27H26BNO2. The molecule has 0 amide bonds. The number of para-hydroxylation sites is 1. The normalized spacial score (nSPS) is 25.2. The molecule has 3 aliphatic carbocycles. The second-order valence-electron chi connectivity index (χ2n) is 9.65. The van der Waals surface area contributed by atoms with E-state index in [1.165, 1.54) is 32.6 Å². The molecule has 0 aliphatic heterocycles. The molecule has 3 aromatic rings. The van der Waals surface area contributed by atoms with E-state index in [0.29, 0.717) is 18.3 Å². The molecule has 3 atom stereocenters. The summed E-state index contributed by atoms with van der Waals surface area (Å²) in [5.74, 6) is 0.549. The molecule has 154 valence electrons. The minimum atomic E-state index is -1.32. The van der Waals surface area contributed by atoms with Crippen LogP contribution in [-0.2, 0) is 5.41 Å². The van der Waals surface area contributed by atoms with E-state index in [9.17, 15) is 10.0 Å². The summed E-state index contributed by atoms with van der Waals surface area (Å²) in [6, 6.07) is 17.5. The lowest BCUT2D eigenvalue weighted by Crippen LogP contribution is -2.37. The van der Waals surface area contributed by atoms with E-state index in [4.69, 9.17) is 0 Å². The van der Waals surface area contributed by atoms with Crippen LogP contribution in [-0.4, -0.2) is 21.7 Å². The summed E-state index contributed by atoms with van der Waals surface area (Å²) in [4.78, 5) is 0. The van der Waals surface area contributed by atoms with E-state index in [1.807, 2.05) is 12.2 Å². The first-order chi connectivity index (χ1) is 15.0. The smallest absolute Gasteiger partial charge is 0.427 e. The van der Waals surface area contributed by atoms with Gasteiger partial charge in [-0.15, -0.1) is 0 Å². The lowest BCUT2D eigenvalue weighted by atomic mass is 9.69. The molecule has 0 bridgehead atoms. The van der Waals surface area contributed by atoms with Gasteiger partial charge in [0.1, 0.15) is 0 Å². The van der Waals surface area contributed by atoms with E-state index < -0.39 is 7.12 Å². The van der Waals surface area contributed by atoms with Crippen LogP contribution >= 0.6 is 0 Å². The second-order valence-corrected chi connectivity index (χ2v) is 9.65. The summed E-state index contributed by atoms with van der Waals surface area (Å²) < 4.78 is 2.35. The summed E-state index contributed by atoms with van der Waals surface area (Å²) in [6.45, 7) is 4.73. The van der Waals surface area contributed by atoms with Gasteiger partial charge in [-0.05, 0) is 41.0 Å². The number of nitrogens with zero attached hydrogens (tertiary/aromatic N) is 1. The van der Waals surface area contributed by atoms with Crippen LogP contribution in [0.15, 0.2) is 66.8 Å². The van der Waals surface area contributed by atoms with Crippen molar-refractivity contribution in [3.63, 3.8) is 0 Å². The zero-order valence-corrected chi connectivity index (χ0v) is 17.9. The van der Waals surface area contributed by atoms with E-state index in [2.05, 4.69) is 85.2 Å². The Labute approximate surface area is 182 Å². The van der Waals surface area contributed by atoms with Crippen molar-refractivity contribution < 1.29 is 10.0 Å². The van der Waals surface area contributed by atoms with E-state index in [-0.39, 0.29) is 11.2 Å². The summed E-state index contributed by atoms with van der Waals surface area (Å²) in [5, 5.41) is 23.0. The first-order valence-corrected chi connectivity index (χ1v) is 11.1. The summed E-state index contributed by atoms with van der Waals surface area (Å²) in [5.41, 5.74) is 5.28. The average Bonchev–Trinajstić information content (AvgIpc) is 3.22. The predicted octanol–water partition coefficient (Wildman–Crippen LogP) is 3.55. The molecule has 1 aromatic heterocycles. The fourth-order valence-electron chi connectivity index (χ4n) is 5.97. The van der Waals surface area contributed by atoms with Gasteiger partial charge in [0.05, 0.1) is 10.9 Å².